The van der Waals surface area contributed by atoms with E-state index < -0.39 is 31.4 Å². The van der Waals surface area contributed by atoms with Gasteiger partial charge < -0.3 is 10.5 Å². The third-order valence-electron chi connectivity index (χ3n) is 2.22. The second-order valence-corrected chi connectivity index (χ2v) is 8.49. The monoisotopic (exact) mass is 335 g/mol. The average molecular weight is 335 g/mol. The molecule has 0 aliphatic heterocycles. The summed E-state index contributed by atoms with van der Waals surface area (Å²) in [5.41, 5.74) is 5.39. The first-order valence-corrected chi connectivity index (χ1v) is 9.53. The lowest BCUT2D eigenvalue weighted by Gasteiger charge is -2.10. The average Bonchev–Trinajstić information content (AvgIpc) is 2.33. The van der Waals surface area contributed by atoms with Gasteiger partial charge in [-0.2, -0.15) is 0 Å². The summed E-state index contributed by atoms with van der Waals surface area (Å²) in [4.78, 5) is 0. The number of ether oxygens (including phenoxy) is 1. The van der Waals surface area contributed by atoms with Crippen molar-refractivity contribution in [3.05, 3.63) is 24.3 Å². The Labute approximate surface area is 123 Å². The Bertz CT molecular complexity index is 713. The third kappa shape index (κ3) is 7.51. The normalized spacial score (nSPS) is 11.9. The number of amidine groups is 1. The fourth-order valence-corrected chi connectivity index (χ4v) is 3.98. The smallest absolute Gasteiger partial charge is 0.233 e. The molecule has 0 saturated carbocycles. The SMILES string of the molecule is CS(=O)(=O)CCS(=O)(=O)Nc1cccc(OCC(=N)N)c1. The van der Waals surface area contributed by atoms with Crippen LogP contribution < -0.4 is 15.2 Å². The quantitative estimate of drug-likeness (QED) is 0.443. The van der Waals surface area contributed by atoms with Crippen LogP contribution in [0, 0.1) is 5.41 Å². The zero-order chi connectivity index (χ0) is 16.1. The maximum atomic E-state index is 11.8. The molecule has 0 amide bonds. The molecular weight excluding hydrogens is 318 g/mol. The lowest BCUT2D eigenvalue weighted by atomic mass is 10.3. The van der Waals surface area contributed by atoms with E-state index in [9.17, 15) is 16.8 Å². The molecule has 0 bridgehead atoms. The summed E-state index contributed by atoms with van der Waals surface area (Å²) in [5.74, 6) is -0.796. The fourth-order valence-electron chi connectivity index (χ4n) is 1.30. The van der Waals surface area contributed by atoms with Gasteiger partial charge in [0.15, 0.2) is 0 Å². The van der Waals surface area contributed by atoms with Crippen LogP contribution in [0.5, 0.6) is 5.75 Å². The Morgan fingerprint density at radius 1 is 1.29 bits per heavy atom. The highest BCUT2D eigenvalue weighted by Gasteiger charge is 2.14. The van der Waals surface area contributed by atoms with E-state index in [0.717, 1.165) is 6.26 Å². The Hall–Kier alpha value is -1.81. The van der Waals surface area contributed by atoms with Crippen molar-refractivity contribution in [1.29, 1.82) is 5.41 Å². The van der Waals surface area contributed by atoms with Crippen LogP contribution in [-0.2, 0) is 19.9 Å². The standard InChI is InChI=1S/C11H17N3O5S2/c1-20(15,16)5-6-21(17,18)14-9-3-2-4-10(7-9)19-8-11(12)13/h2-4,7,14H,5-6,8H2,1H3,(H3,12,13). The number of nitrogens with two attached hydrogens (primary N) is 1. The maximum Gasteiger partial charge on any atom is 0.233 e. The van der Waals surface area contributed by atoms with E-state index in [4.69, 9.17) is 15.9 Å². The van der Waals surface area contributed by atoms with Gasteiger partial charge >= 0.3 is 0 Å². The molecule has 21 heavy (non-hydrogen) atoms. The summed E-state index contributed by atoms with van der Waals surface area (Å²) in [7, 11) is -7.12. The van der Waals surface area contributed by atoms with Crippen LogP contribution in [0.15, 0.2) is 24.3 Å². The first-order valence-electron chi connectivity index (χ1n) is 5.81. The largest absolute Gasteiger partial charge is 0.486 e. The molecule has 1 rings (SSSR count). The molecule has 0 unspecified atom stereocenters. The van der Waals surface area contributed by atoms with E-state index in [1.54, 1.807) is 12.1 Å². The topological polar surface area (TPSA) is 139 Å². The summed E-state index contributed by atoms with van der Waals surface area (Å²) >= 11 is 0. The first-order chi connectivity index (χ1) is 9.57. The minimum absolute atomic E-state index is 0.107. The molecule has 0 aliphatic rings. The van der Waals surface area contributed by atoms with E-state index in [1.165, 1.54) is 12.1 Å². The molecule has 0 atom stereocenters. The van der Waals surface area contributed by atoms with Crippen LogP contribution >= 0.6 is 0 Å². The molecule has 8 nitrogen and oxygen atoms in total. The Morgan fingerprint density at radius 2 is 1.95 bits per heavy atom. The van der Waals surface area contributed by atoms with Gasteiger partial charge in [-0.15, -0.1) is 0 Å². The highest BCUT2D eigenvalue weighted by Crippen LogP contribution is 2.18. The Balaban J connectivity index is 2.73. The van der Waals surface area contributed by atoms with Crippen molar-refractivity contribution in [2.24, 2.45) is 5.73 Å². The van der Waals surface area contributed by atoms with Crippen molar-refractivity contribution in [2.45, 2.75) is 0 Å². The predicted molar refractivity (Wildman–Crippen MR) is 81.0 cm³/mol. The number of hydrogen-bond donors (Lipinski definition) is 3. The van der Waals surface area contributed by atoms with Crippen LogP contribution in [0.1, 0.15) is 0 Å². The van der Waals surface area contributed by atoms with Crippen molar-refractivity contribution in [3.8, 4) is 5.75 Å². The molecule has 0 aliphatic carbocycles. The van der Waals surface area contributed by atoms with Gasteiger partial charge in [-0.3, -0.25) is 10.1 Å². The van der Waals surface area contributed by atoms with E-state index in [1.807, 2.05) is 0 Å². The molecule has 0 aromatic heterocycles. The summed E-state index contributed by atoms with van der Waals surface area (Å²) in [6, 6.07) is 6.06. The van der Waals surface area contributed by atoms with E-state index in [0.29, 0.717) is 5.75 Å². The Morgan fingerprint density at radius 3 is 2.52 bits per heavy atom. The minimum atomic E-state index is -3.77. The van der Waals surface area contributed by atoms with Gasteiger partial charge in [0, 0.05) is 12.3 Å². The third-order valence-corrected chi connectivity index (χ3v) is 4.72. The van der Waals surface area contributed by atoms with E-state index >= 15 is 0 Å². The number of sulfonamides is 1. The minimum Gasteiger partial charge on any atom is -0.486 e. The highest BCUT2D eigenvalue weighted by atomic mass is 32.2. The molecule has 1 aromatic carbocycles. The van der Waals surface area contributed by atoms with Crippen LogP contribution in [0.3, 0.4) is 0 Å². The molecule has 10 heteroatoms. The molecule has 118 valence electrons. The number of hydrogen-bond acceptors (Lipinski definition) is 6. The first kappa shape index (κ1) is 17.2. The predicted octanol–water partition coefficient (Wildman–Crippen LogP) is -0.212. The summed E-state index contributed by atoms with van der Waals surface area (Å²) in [6.07, 6.45) is 0.971. The second kappa shape index (κ2) is 6.76. The number of nitrogens with one attached hydrogen (secondary N) is 2. The van der Waals surface area contributed by atoms with Crippen LogP contribution in [0.25, 0.3) is 0 Å². The molecule has 0 saturated heterocycles. The molecule has 0 heterocycles. The highest BCUT2D eigenvalue weighted by molar-refractivity contribution is 7.95. The van der Waals surface area contributed by atoms with Gasteiger partial charge in [-0.25, -0.2) is 16.8 Å². The lowest BCUT2D eigenvalue weighted by Crippen LogP contribution is -2.22. The number of benzene rings is 1. The lowest BCUT2D eigenvalue weighted by molar-refractivity contribution is 0.374. The summed E-state index contributed by atoms with van der Waals surface area (Å²) < 4.78 is 52.9. The van der Waals surface area contributed by atoms with Crippen molar-refractivity contribution in [1.82, 2.24) is 0 Å². The molecule has 4 N–H and O–H groups in total. The van der Waals surface area contributed by atoms with Gasteiger partial charge in [0.1, 0.15) is 28.0 Å². The van der Waals surface area contributed by atoms with Crippen LogP contribution in [0.2, 0.25) is 0 Å². The summed E-state index contributed by atoms with van der Waals surface area (Å²) in [5, 5.41) is 7.04. The fraction of sp³-hybridized carbons (Fsp3) is 0.364. The van der Waals surface area contributed by atoms with Gasteiger partial charge in [0.05, 0.1) is 17.2 Å². The Kier molecular flexibility index (Phi) is 5.55. The van der Waals surface area contributed by atoms with Crippen molar-refractivity contribution >= 4 is 31.4 Å². The zero-order valence-corrected chi connectivity index (χ0v) is 13.0. The molecular formula is C11H17N3O5S2. The summed E-state index contributed by atoms with van der Waals surface area (Å²) in [6.45, 7) is -0.107. The van der Waals surface area contributed by atoms with Gasteiger partial charge in [0.25, 0.3) is 0 Å². The molecule has 0 fully saturated rings. The molecule has 0 spiro atoms. The number of sulfone groups is 1. The maximum absolute atomic E-state index is 11.8. The zero-order valence-electron chi connectivity index (χ0n) is 11.4. The van der Waals surface area contributed by atoms with Gasteiger partial charge in [-0.05, 0) is 12.1 Å². The van der Waals surface area contributed by atoms with Gasteiger partial charge in [0.2, 0.25) is 10.0 Å². The molecule has 0 radical (unpaired) electrons. The van der Waals surface area contributed by atoms with Crippen molar-refractivity contribution in [2.75, 3.05) is 29.1 Å². The number of anilines is 1. The van der Waals surface area contributed by atoms with Crippen LogP contribution in [-0.4, -0.2) is 47.0 Å². The van der Waals surface area contributed by atoms with E-state index in [2.05, 4.69) is 4.72 Å². The number of rotatable bonds is 8. The van der Waals surface area contributed by atoms with E-state index in [-0.39, 0.29) is 18.1 Å². The van der Waals surface area contributed by atoms with Crippen LogP contribution in [0.4, 0.5) is 5.69 Å². The van der Waals surface area contributed by atoms with Crippen molar-refractivity contribution < 1.29 is 21.6 Å². The molecule has 1 aromatic rings. The second-order valence-electron chi connectivity index (χ2n) is 4.39. The van der Waals surface area contributed by atoms with Gasteiger partial charge in [-0.1, -0.05) is 6.07 Å². The van der Waals surface area contributed by atoms with Crippen molar-refractivity contribution in [3.63, 3.8) is 0 Å².